The summed E-state index contributed by atoms with van der Waals surface area (Å²) in [6, 6.07) is 9.54. The molecule has 4 heteroatoms. The average molecular weight is 276 g/mol. The molecule has 0 aromatic heterocycles. The quantitative estimate of drug-likeness (QED) is 0.917. The van der Waals surface area contributed by atoms with Crippen LogP contribution in [0.15, 0.2) is 30.3 Å². The average Bonchev–Trinajstić information content (AvgIpc) is 2.46. The molecule has 1 fully saturated rings. The maximum absolute atomic E-state index is 12.8. The number of carbonyl (C=O) groups is 1. The summed E-state index contributed by atoms with van der Waals surface area (Å²) < 4.78 is 5.80. The van der Waals surface area contributed by atoms with Crippen LogP contribution in [0.4, 0.5) is 0 Å². The molecule has 2 N–H and O–H groups in total. The molecule has 3 unspecified atom stereocenters. The van der Waals surface area contributed by atoms with E-state index in [4.69, 9.17) is 10.5 Å². The summed E-state index contributed by atoms with van der Waals surface area (Å²) >= 11 is 0. The van der Waals surface area contributed by atoms with Crippen molar-refractivity contribution in [3.63, 3.8) is 0 Å². The molecule has 1 aromatic rings. The second-order valence-electron chi connectivity index (χ2n) is 5.76. The second-order valence-corrected chi connectivity index (χ2v) is 5.76. The van der Waals surface area contributed by atoms with Crippen molar-refractivity contribution >= 4 is 5.91 Å². The second kappa shape index (κ2) is 5.94. The van der Waals surface area contributed by atoms with Crippen LogP contribution < -0.4 is 5.73 Å². The summed E-state index contributed by atoms with van der Waals surface area (Å²) in [4.78, 5) is 14.6. The number of nitrogens with two attached hydrogens (primary N) is 1. The number of amides is 1. The van der Waals surface area contributed by atoms with Gasteiger partial charge in [0.15, 0.2) is 0 Å². The van der Waals surface area contributed by atoms with Crippen LogP contribution in [0.5, 0.6) is 0 Å². The van der Waals surface area contributed by atoms with E-state index in [1.54, 1.807) is 6.92 Å². The normalized spacial score (nSPS) is 26.1. The van der Waals surface area contributed by atoms with E-state index in [-0.39, 0.29) is 18.1 Å². The molecule has 2 rings (SSSR count). The van der Waals surface area contributed by atoms with Crippen LogP contribution in [0.2, 0.25) is 0 Å². The Kier molecular flexibility index (Phi) is 4.45. The predicted molar refractivity (Wildman–Crippen MR) is 79.2 cm³/mol. The zero-order chi connectivity index (χ0) is 14.8. The van der Waals surface area contributed by atoms with Gasteiger partial charge in [0, 0.05) is 13.1 Å². The Morgan fingerprint density at radius 2 is 2.05 bits per heavy atom. The van der Waals surface area contributed by atoms with Crippen LogP contribution >= 0.6 is 0 Å². The molecule has 1 amide bonds. The third-order valence-corrected chi connectivity index (χ3v) is 3.89. The molecule has 1 aromatic carbocycles. The van der Waals surface area contributed by atoms with Crippen LogP contribution in [0.1, 0.15) is 32.8 Å². The molecule has 0 bridgehead atoms. The predicted octanol–water partition coefficient (Wildman–Crippen LogP) is 1.89. The van der Waals surface area contributed by atoms with E-state index in [2.05, 4.69) is 6.92 Å². The van der Waals surface area contributed by atoms with Gasteiger partial charge in [-0.25, -0.2) is 0 Å². The lowest BCUT2D eigenvalue weighted by atomic mass is 9.91. The molecule has 1 aliphatic heterocycles. The van der Waals surface area contributed by atoms with Crippen LogP contribution in [-0.4, -0.2) is 36.1 Å². The van der Waals surface area contributed by atoms with Crippen molar-refractivity contribution in [1.29, 1.82) is 0 Å². The van der Waals surface area contributed by atoms with Crippen molar-refractivity contribution < 1.29 is 9.53 Å². The summed E-state index contributed by atoms with van der Waals surface area (Å²) in [7, 11) is 0. The van der Waals surface area contributed by atoms with Gasteiger partial charge in [0.25, 0.3) is 0 Å². The van der Waals surface area contributed by atoms with Gasteiger partial charge in [-0.2, -0.15) is 0 Å². The van der Waals surface area contributed by atoms with Crippen LogP contribution in [0, 0.1) is 0 Å². The highest BCUT2D eigenvalue weighted by atomic mass is 16.5. The highest BCUT2D eigenvalue weighted by Crippen LogP contribution is 2.23. The van der Waals surface area contributed by atoms with E-state index in [1.165, 1.54) is 0 Å². The Balaban J connectivity index is 2.17. The van der Waals surface area contributed by atoms with Crippen molar-refractivity contribution in [2.45, 2.75) is 44.9 Å². The van der Waals surface area contributed by atoms with Crippen molar-refractivity contribution in [3.8, 4) is 0 Å². The highest BCUT2D eigenvalue weighted by Gasteiger charge is 2.37. The molecule has 0 aliphatic carbocycles. The van der Waals surface area contributed by atoms with E-state index >= 15 is 0 Å². The molecule has 3 atom stereocenters. The lowest BCUT2D eigenvalue weighted by Crippen LogP contribution is -2.57. The number of hydrogen-bond donors (Lipinski definition) is 1. The van der Waals surface area contributed by atoms with Gasteiger partial charge in [-0.05, 0) is 25.8 Å². The monoisotopic (exact) mass is 276 g/mol. The molecular weight excluding hydrogens is 252 g/mol. The van der Waals surface area contributed by atoms with Gasteiger partial charge >= 0.3 is 0 Å². The Hall–Kier alpha value is -1.39. The third kappa shape index (κ3) is 3.02. The molecule has 4 nitrogen and oxygen atoms in total. The lowest BCUT2D eigenvalue weighted by molar-refractivity contribution is -0.149. The Labute approximate surface area is 120 Å². The number of carbonyl (C=O) groups excluding carboxylic acids is 1. The van der Waals surface area contributed by atoms with Crippen LogP contribution in [0.3, 0.4) is 0 Å². The summed E-state index contributed by atoms with van der Waals surface area (Å²) in [6.45, 7) is 7.09. The SMILES string of the molecule is CCC1CN(C(=O)C(C)(N)c2ccccc2)CC(C)O1. The number of benzene rings is 1. The molecular formula is C16H24N2O2. The number of morpholine rings is 1. The minimum absolute atomic E-state index is 0.0303. The van der Waals surface area contributed by atoms with E-state index in [0.717, 1.165) is 12.0 Å². The van der Waals surface area contributed by atoms with Crippen LogP contribution in [0.25, 0.3) is 0 Å². The zero-order valence-corrected chi connectivity index (χ0v) is 12.5. The zero-order valence-electron chi connectivity index (χ0n) is 12.5. The summed E-state index contributed by atoms with van der Waals surface area (Å²) in [5, 5.41) is 0. The topological polar surface area (TPSA) is 55.6 Å². The van der Waals surface area contributed by atoms with E-state index in [0.29, 0.717) is 13.1 Å². The number of hydrogen-bond acceptors (Lipinski definition) is 3. The summed E-state index contributed by atoms with van der Waals surface area (Å²) in [5.41, 5.74) is 6.17. The molecule has 0 spiro atoms. The first kappa shape index (κ1) is 15.0. The van der Waals surface area contributed by atoms with Crippen molar-refractivity contribution in [3.05, 3.63) is 35.9 Å². The lowest BCUT2D eigenvalue weighted by Gasteiger charge is -2.40. The van der Waals surface area contributed by atoms with E-state index in [1.807, 2.05) is 42.2 Å². The molecule has 0 radical (unpaired) electrons. The Bertz CT molecular complexity index is 459. The van der Waals surface area contributed by atoms with Crippen molar-refractivity contribution in [1.82, 2.24) is 4.90 Å². The molecule has 0 saturated carbocycles. The number of ether oxygens (including phenoxy) is 1. The highest BCUT2D eigenvalue weighted by molar-refractivity contribution is 5.87. The van der Waals surface area contributed by atoms with Crippen molar-refractivity contribution in [2.75, 3.05) is 13.1 Å². The summed E-state index contributed by atoms with van der Waals surface area (Å²) in [5.74, 6) is -0.0303. The van der Waals surface area contributed by atoms with Gasteiger partial charge in [-0.3, -0.25) is 4.79 Å². The fourth-order valence-corrected chi connectivity index (χ4v) is 2.67. The van der Waals surface area contributed by atoms with E-state index < -0.39 is 5.54 Å². The molecule has 1 aliphatic rings. The molecule has 110 valence electrons. The first-order chi connectivity index (χ1) is 9.45. The molecule has 1 heterocycles. The fraction of sp³-hybridized carbons (Fsp3) is 0.562. The van der Waals surface area contributed by atoms with Gasteiger partial charge < -0.3 is 15.4 Å². The number of rotatable bonds is 3. The third-order valence-electron chi connectivity index (χ3n) is 3.89. The van der Waals surface area contributed by atoms with Gasteiger partial charge in [0.2, 0.25) is 5.91 Å². The maximum atomic E-state index is 12.8. The van der Waals surface area contributed by atoms with Crippen LogP contribution in [-0.2, 0) is 15.1 Å². The minimum Gasteiger partial charge on any atom is -0.372 e. The Morgan fingerprint density at radius 3 is 2.65 bits per heavy atom. The standard InChI is InChI=1S/C16H24N2O2/c1-4-14-11-18(10-12(2)20-14)15(19)16(3,17)13-8-6-5-7-9-13/h5-9,12,14H,4,10-11,17H2,1-3H3. The molecule has 1 saturated heterocycles. The largest absolute Gasteiger partial charge is 0.372 e. The van der Waals surface area contributed by atoms with Gasteiger partial charge in [-0.15, -0.1) is 0 Å². The van der Waals surface area contributed by atoms with Crippen molar-refractivity contribution in [2.24, 2.45) is 5.73 Å². The maximum Gasteiger partial charge on any atom is 0.247 e. The smallest absolute Gasteiger partial charge is 0.247 e. The van der Waals surface area contributed by atoms with Gasteiger partial charge in [0.05, 0.1) is 12.2 Å². The summed E-state index contributed by atoms with van der Waals surface area (Å²) in [6.07, 6.45) is 1.07. The van der Waals surface area contributed by atoms with Gasteiger partial charge in [0.1, 0.15) is 5.54 Å². The molecule has 20 heavy (non-hydrogen) atoms. The minimum atomic E-state index is -0.989. The first-order valence-corrected chi connectivity index (χ1v) is 7.24. The Morgan fingerprint density at radius 1 is 1.40 bits per heavy atom. The number of nitrogens with zero attached hydrogens (tertiary/aromatic N) is 1. The first-order valence-electron chi connectivity index (χ1n) is 7.24. The van der Waals surface area contributed by atoms with E-state index in [9.17, 15) is 4.79 Å². The fourth-order valence-electron chi connectivity index (χ4n) is 2.67. The van der Waals surface area contributed by atoms with Gasteiger partial charge in [-0.1, -0.05) is 37.3 Å².